The van der Waals surface area contributed by atoms with Gasteiger partial charge >= 0.3 is 0 Å². The fourth-order valence-corrected chi connectivity index (χ4v) is 1.53. The molecule has 0 aromatic rings. The van der Waals surface area contributed by atoms with Crippen molar-refractivity contribution < 1.29 is 9.53 Å². The summed E-state index contributed by atoms with van der Waals surface area (Å²) < 4.78 is 4.78. The molecular formula is C10H21NO2. The third kappa shape index (κ3) is 5.01. The van der Waals surface area contributed by atoms with Crippen molar-refractivity contribution in [3.63, 3.8) is 0 Å². The second-order valence-corrected chi connectivity index (χ2v) is 3.36. The molecule has 0 fully saturated rings. The molecular weight excluding hydrogens is 166 g/mol. The third-order valence-corrected chi connectivity index (χ3v) is 2.30. The smallest absolute Gasteiger partial charge is 0.172 e. The molecule has 13 heavy (non-hydrogen) atoms. The lowest BCUT2D eigenvalue weighted by molar-refractivity contribution is -0.124. The topological polar surface area (TPSA) is 29.5 Å². The number of hydrogen-bond acceptors (Lipinski definition) is 3. The lowest BCUT2D eigenvalue weighted by Crippen LogP contribution is -2.36. The summed E-state index contributed by atoms with van der Waals surface area (Å²) >= 11 is 0. The monoisotopic (exact) mass is 187 g/mol. The predicted molar refractivity (Wildman–Crippen MR) is 53.9 cm³/mol. The maximum absolute atomic E-state index is 11.2. The van der Waals surface area contributed by atoms with Gasteiger partial charge in [0.05, 0.1) is 6.54 Å². The fraction of sp³-hybridized carbons (Fsp3) is 0.900. The fourth-order valence-electron chi connectivity index (χ4n) is 1.53. The first kappa shape index (κ1) is 12.6. The molecule has 3 nitrogen and oxygen atoms in total. The zero-order chi connectivity index (χ0) is 10.3. The van der Waals surface area contributed by atoms with Crippen LogP contribution in [-0.2, 0) is 9.53 Å². The zero-order valence-corrected chi connectivity index (χ0v) is 9.17. The number of likely N-dealkylation sites (N-methyl/N-ethyl adjacent to an activating group) is 1. The van der Waals surface area contributed by atoms with Crippen LogP contribution in [0.25, 0.3) is 0 Å². The molecule has 0 saturated carbocycles. The Balaban J connectivity index is 3.82. The number of ketones is 1. The molecule has 0 aliphatic carbocycles. The Hall–Kier alpha value is -0.410. The quantitative estimate of drug-likeness (QED) is 0.602. The molecule has 0 radical (unpaired) electrons. The van der Waals surface area contributed by atoms with Gasteiger partial charge in [0.15, 0.2) is 5.78 Å². The Labute approximate surface area is 81.1 Å². The highest BCUT2D eigenvalue weighted by Crippen LogP contribution is 2.05. The van der Waals surface area contributed by atoms with E-state index in [1.54, 1.807) is 7.11 Å². The molecule has 0 N–H and O–H groups in total. The van der Waals surface area contributed by atoms with E-state index in [1.807, 2.05) is 7.05 Å². The number of carbonyl (C=O) groups excluding carboxylic acids is 1. The molecule has 0 aliphatic heterocycles. The van der Waals surface area contributed by atoms with Crippen LogP contribution >= 0.6 is 0 Å². The zero-order valence-electron chi connectivity index (χ0n) is 9.17. The van der Waals surface area contributed by atoms with Crippen molar-refractivity contribution in [2.45, 2.75) is 32.7 Å². The minimum atomic E-state index is 0.150. The van der Waals surface area contributed by atoms with Gasteiger partial charge in [0.25, 0.3) is 0 Å². The van der Waals surface area contributed by atoms with Gasteiger partial charge in [0, 0.05) is 13.2 Å². The maximum atomic E-state index is 11.2. The van der Waals surface area contributed by atoms with Crippen LogP contribution in [0.15, 0.2) is 0 Å². The van der Waals surface area contributed by atoms with Crippen molar-refractivity contribution in [1.82, 2.24) is 4.90 Å². The largest absolute Gasteiger partial charge is 0.377 e. The molecule has 0 saturated heterocycles. The van der Waals surface area contributed by atoms with Gasteiger partial charge in [-0.25, -0.2) is 0 Å². The molecule has 0 heterocycles. The van der Waals surface area contributed by atoms with E-state index in [4.69, 9.17) is 4.74 Å². The van der Waals surface area contributed by atoms with E-state index < -0.39 is 0 Å². The molecule has 0 aliphatic rings. The second kappa shape index (κ2) is 7.04. The van der Waals surface area contributed by atoms with Crippen LogP contribution in [-0.4, -0.2) is 44.0 Å². The molecule has 0 amide bonds. The van der Waals surface area contributed by atoms with E-state index in [-0.39, 0.29) is 12.4 Å². The van der Waals surface area contributed by atoms with E-state index in [2.05, 4.69) is 18.7 Å². The van der Waals surface area contributed by atoms with Gasteiger partial charge in [-0.15, -0.1) is 0 Å². The molecule has 0 bridgehead atoms. The summed E-state index contributed by atoms with van der Waals surface area (Å²) in [6, 6.07) is 0.515. The van der Waals surface area contributed by atoms with Crippen LogP contribution in [0, 0.1) is 0 Å². The normalized spacial score (nSPS) is 11.2. The summed E-state index contributed by atoms with van der Waals surface area (Å²) in [5.74, 6) is 0.150. The lowest BCUT2D eigenvalue weighted by atomic mass is 10.1. The molecule has 3 heteroatoms. The maximum Gasteiger partial charge on any atom is 0.172 e. The van der Waals surface area contributed by atoms with Crippen molar-refractivity contribution in [1.29, 1.82) is 0 Å². The van der Waals surface area contributed by atoms with E-state index in [9.17, 15) is 4.79 Å². The van der Waals surface area contributed by atoms with Crippen LogP contribution in [0.5, 0.6) is 0 Å². The Kier molecular flexibility index (Phi) is 6.82. The summed E-state index contributed by atoms with van der Waals surface area (Å²) in [5, 5.41) is 0. The minimum Gasteiger partial charge on any atom is -0.377 e. The molecule has 0 spiro atoms. The van der Waals surface area contributed by atoms with Gasteiger partial charge in [0.1, 0.15) is 6.61 Å². The second-order valence-electron chi connectivity index (χ2n) is 3.36. The SMILES string of the molecule is CCC(CC)N(C)CC(=O)COC. The Bertz CT molecular complexity index is 144. The third-order valence-electron chi connectivity index (χ3n) is 2.30. The average Bonchev–Trinajstić information content (AvgIpc) is 2.06. The van der Waals surface area contributed by atoms with Crippen LogP contribution in [0.2, 0.25) is 0 Å². The molecule has 78 valence electrons. The number of methoxy groups -OCH3 is 1. The van der Waals surface area contributed by atoms with Gasteiger partial charge in [-0.2, -0.15) is 0 Å². The van der Waals surface area contributed by atoms with Gasteiger partial charge < -0.3 is 4.74 Å². The van der Waals surface area contributed by atoms with Crippen LogP contribution in [0.1, 0.15) is 26.7 Å². The molecule has 0 unspecified atom stereocenters. The van der Waals surface area contributed by atoms with Crippen molar-refractivity contribution in [2.75, 3.05) is 27.3 Å². The predicted octanol–water partition coefficient (Wildman–Crippen LogP) is 1.32. The standard InChI is InChI=1S/C10H21NO2/c1-5-9(6-2)11(3)7-10(12)8-13-4/h9H,5-8H2,1-4H3. The summed E-state index contributed by atoms with van der Waals surface area (Å²) in [4.78, 5) is 13.3. The molecule has 0 aromatic carbocycles. The number of Topliss-reactive ketones (excluding diaryl/α,β-unsaturated/α-hetero) is 1. The van der Waals surface area contributed by atoms with Crippen molar-refractivity contribution in [2.24, 2.45) is 0 Å². The summed E-state index contributed by atoms with van der Waals surface area (Å²) in [5.41, 5.74) is 0. The first-order chi connectivity index (χ1) is 6.15. The summed E-state index contributed by atoms with van der Waals surface area (Å²) in [6.45, 7) is 5.02. The van der Waals surface area contributed by atoms with Gasteiger partial charge in [-0.3, -0.25) is 9.69 Å². The van der Waals surface area contributed by atoms with Gasteiger partial charge in [-0.05, 0) is 19.9 Å². The summed E-state index contributed by atoms with van der Waals surface area (Å²) in [7, 11) is 3.54. The molecule has 0 atom stereocenters. The molecule has 0 rings (SSSR count). The van der Waals surface area contributed by atoms with Crippen LogP contribution in [0.4, 0.5) is 0 Å². The summed E-state index contributed by atoms with van der Waals surface area (Å²) in [6.07, 6.45) is 2.18. The number of nitrogens with zero attached hydrogens (tertiary/aromatic N) is 1. The number of ether oxygens (including phenoxy) is 1. The van der Waals surface area contributed by atoms with E-state index >= 15 is 0 Å². The first-order valence-corrected chi connectivity index (χ1v) is 4.86. The highest BCUT2D eigenvalue weighted by molar-refractivity contribution is 5.81. The van der Waals surface area contributed by atoms with Gasteiger partial charge in [-0.1, -0.05) is 13.8 Å². The number of carbonyl (C=O) groups is 1. The molecule has 0 aromatic heterocycles. The van der Waals surface area contributed by atoms with Crippen LogP contribution < -0.4 is 0 Å². The van der Waals surface area contributed by atoms with E-state index in [1.165, 1.54) is 0 Å². The Morgan fingerprint density at radius 2 is 1.92 bits per heavy atom. The van der Waals surface area contributed by atoms with Crippen molar-refractivity contribution in [3.05, 3.63) is 0 Å². The number of hydrogen-bond donors (Lipinski definition) is 0. The Morgan fingerprint density at radius 3 is 2.31 bits per heavy atom. The van der Waals surface area contributed by atoms with Crippen molar-refractivity contribution >= 4 is 5.78 Å². The number of rotatable bonds is 7. The van der Waals surface area contributed by atoms with Gasteiger partial charge in [0.2, 0.25) is 0 Å². The lowest BCUT2D eigenvalue weighted by Gasteiger charge is -2.24. The highest BCUT2D eigenvalue weighted by atomic mass is 16.5. The van der Waals surface area contributed by atoms with E-state index in [0.717, 1.165) is 12.8 Å². The van der Waals surface area contributed by atoms with Crippen LogP contribution in [0.3, 0.4) is 0 Å². The average molecular weight is 187 g/mol. The van der Waals surface area contributed by atoms with E-state index in [0.29, 0.717) is 12.6 Å². The van der Waals surface area contributed by atoms with Crippen molar-refractivity contribution in [3.8, 4) is 0 Å². The minimum absolute atomic E-state index is 0.150. The highest BCUT2D eigenvalue weighted by Gasteiger charge is 2.13. The first-order valence-electron chi connectivity index (χ1n) is 4.86. The Morgan fingerprint density at radius 1 is 1.38 bits per heavy atom.